The van der Waals surface area contributed by atoms with Gasteiger partial charge in [0.2, 0.25) is 0 Å². The molecule has 0 unspecified atom stereocenters. The van der Waals surface area contributed by atoms with Crippen LogP contribution in [-0.4, -0.2) is 55.2 Å². The first-order chi connectivity index (χ1) is 14.6. The predicted molar refractivity (Wildman–Crippen MR) is 110 cm³/mol. The normalized spacial score (nSPS) is 28.1. The number of methoxy groups -OCH3 is 1. The number of esters is 1. The molecule has 2 aliphatic heterocycles. The summed E-state index contributed by atoms with van der Waals surface area (Å²) in [5.74, 6) is 0.358. The molecular weight excluding hydrogens is 388 g/mol. The summed E-state index contributed by atoms with van der Waals surface area (Å²) in [4.78, 5) is 24.1. The van der Waals surface area contributed by atoms with Crippen LogP contribution in [-0.2, 0) is 14.3 Å². The zero-order valence-electron chi connectivity index (χ0n) is 17.3. The highest BCUT2D eigenvalue weighted by atomic mass is 16.6. The molecule has 2 fully saturated rings. The number of ether oxygens (including phenoxy) is 3. The van der Waals surface area contributed by atoms with Gasteiger partial charge < -0.3 is 30.0 Å². The van der Waals surface area contributed by atoms with Crippen molar-refractivity contribution in [2.45, 2.75) is 75.2 Å². The van der Waals surface area contributed by atoms with Gasteiger partial charge in [0.25, 0.3) is 0 Å². The summed E-state index contributed by atoms with van der Waals surface area (Å²) in [6, 6.07) is 5.63. The van der Waals surface area contributed by atoms with Crippen molar-refractivity contribution in [3.05, 3.63) is 23.8 Å². The summed E-state index contributed by atoms with van der Waals surface area (Å²) in [5, 5.41) is 15.8. The summed E-state index contributed by atoms with van der Waals surface area (Å²) in [6.45, 7) is -0.193. The maximum absolute atomic E-state index is 12.4. The summed E-state index contributed by atoms with van der Waals surface area (Å²) in [5.41, 5.74) is 1.66. The lowest BCUT2D eigenvalue weighted by Crippen LogP contribution is -2.46. The van der Waals surface area contributed by atoms with E-state index < -0.39 is 6.10 Å². The maximum Gasteiger partial charge on any atom is 0.319 e. The van der Waals surface area contributed by atoms with Gasteiger partial charge in [-0.1, -0.05) is 19.3 Å². The van der Waals surface area contributed by atoms with Crippen molar-refractivity contribution in [3.63, 3.8) is 0 Å². The number of nitrogens with one attached hydrogen (secondary N) is 2. The number of carbonyl (C=O) groups is 2. The lowest BCUT2D eigenvalue weighted by Gasteiger charge is -2.36. The van der Waals surface area contributed by atoms with Crippen molar-refractivity contribution in [2.24, 2.45) is 0 Å². The number of fused-ring (bicyclic) bond motifs is 3. The number of aliphatic hydroxyl groups excluding tert-OH is 1. The van der Waals surface area contributed by atoms with Gasteiger partial charge in [-0.2, -0.15) is 0 Å². The number of hydrogen-bond donors (Lipinski definition) is 3. The number of amides is 2. The van der Waals surface area contributed by atoms with E-state index in [1.54, 1.807) is 0 Å². The highest BCUT2D eigenvalue weighted by molar-refractivity contribution is 5.89. The van der Waals surface area contributed by atoms with Crippen molar-refractivity contribution >= 4 is 17.7 Å². The zero-order valence-corrected chi connectivity index (χ0v) is 17.3. The fourth-order valence-electron chi connectivity index (χ4n) is 4.84. The fourth-order valence-corrected chi connectivity index (χ4v) is 4.84. The van der Waals surface area contributed by atoms with Gasteiger partial charge in [-0.25, -0.2) is 4.79 Å². The second-order valence-electron chi connectivity index (χ2n) is 8.37. The fraction of sp³-hybridized carbons (Fsp3) is 0.636. The Balaban J connectivity index is 1.45. The van der Waals surface area contributed by atoms with Crippen LogP contribution in [0.1, 0.15) is 56.4 Å². The molecule has 4 rings (SSSR count). The lowest BCUT2D eigenvalue weighted by molar-refractivity contribution is -0.156. The molecule has 2 heterocycles. The van der Waals surface area contributed by atoms with Crippen molar-refractivity contribution < 1.29 is 28.9 Å². The van der Waals surface area contributed by atoms with E-state index in [9.17, 15) is 14.7 Å². The monoisotopic (exact) mass is 418 g/mol. The standard InChI is InChI=1S/C22H30N2O6/c1-28-20(26)11-15-10-17-16-9-14(24-22(27)23-13-5-3-2-4-6-13)7-8-18(16)30-21(17)19(12-25)29-15/h7-9,13,15,17,19,21,25H,2-6,10-12H2,1H3,(H2,23,24,27)/t15-,17-,19+,21+/m0/s1. The van der Waals surface area contributed by atoms with E-state index in [2.05, 4.69) is 10.6 Å². The first-order valence-corrected chi connectivity index (χ1v) is 10.8. The Bertz CT molecular complexity index is 779. The van der Waals surface area contributed by atoms with Crippen LogP contribution in [0, 0.1) is 0 Å². The van der Waals surface area contributed by atoms with Crippen LogP contribution in [0.4, 0.5) is 10.5 Å². The van der Waals surface area contributed by atoms with E-state index in [4.69, 9.17) is 14.2 Å². The van der Waals surface area contributed by atoms with E-state index in [1.807, 2.05) is 18.2 Å². The first kappa shape index (κ1) is 20.9. The smallest absolute Gasteiger partial charge is 0.319 e. The number of hydrogen-bond acceptors (Lipinski definition) is 6. The average molecular weight is 418 g/mol. The summed E-state index contributed by atoms with van der Waals surface area (Å²) in [6.07, 6.45) is 5.14. The molecule has 1 saturated carbocycles. The molecule has 0 spiro atoms. The third-order valence-electron chi connectivity index (χ3n) is 6.32. The summed E-state index contributed by atoms with van der Waals surface area (Å²) >= 11 is 0. The van der Waals surface area contributed by atoms with Gasteiger partial charge in [-0.15, -0.1) is 0 Å². The lowest BCUT2D eigenvalue weighted by atomic mass is 9.84. The Morgan fingerprint density at radius 3 is 2.77 bits per heavy atom. The molecular formula is C22H30N2O6. The minimum absolute atomic E-state index is 0.0243. The molecule has 1 aromatic rings. The molecule has 0 aromatic heterocycles. The third-order valence-corrected chi connectivity index (χ3v) is 6.32. The molecule has 1 saturated heterocycles. The number of urea groups is 1. The maximum atomic E-state index is 12.4. The van der Waals surface area contributed by atoms with Crippen LogP contribution >= 0.6 is 0 Å². The van der Waals surface area contributed by atoms with E-state index in [0.717, 1.165) is 37.0 Å². The van der Waals surface area contributed by atoms with Gasteiger partial charge in [-0.3, -0.25) is 4.79 Å². The Labute approximate surface area is 176 Å². The largest absolute Gasteiger partial charge is 0.487 e. The van der Waals surface area contributed by atoms with E-state index in [1.165, 1.54) is 13.5 Å². The second kappa shape index (κ2) is 9.22. The molecule has 1 aromatic carbocycles. The van der Waals surface area contributed by atoms with Gasteiger partial charge in [0.1, 0.15) is 18.0 Å². The van der Waals surface area contributed by atoms with Crippen molar-refractivity contribution in [1.82, 2.24) is 5.32 Å². The highest BCUT2D eigenvalue weighted by Gasteiger charge is 2.46. The van der Waals surface area contributed by atoms with Crippen LogP contribution in [0.5, 0.6) is 5.75 Å². The molecule has 30 heavy (non-hydrogen) atoms. The van der Waals surface area contributed by atoms with Gasteiger partial charge in [0.05, 0.1) is 26.2 Å². The molecule has 8 nitrogen and oxygen atoms in total. The van der Waals surface area contributed by atoms with E-state index in [-0.39, 0.29) is 49.2 Å². The van der Waals surface area contributed by atoms with Crippen molar-refractivity contribution in [1.29, 1.82) is 0 Å². The minimum atomic E-state index is -0.517. The quantitative estimate of drug-likeness (QED) is 0.635. The van der Waals surface area contributed by atoms with Crippen molar-refractivity contribution in [3.8, 4) is 5.75 Å². The van der Waals surface area contributed by atoms with Gasteiger partial charge in [-0.05, 0) is 37.5 Å². The molecule has 3 N–H and O–H groups in total. The molecule has 0 radical (unpaired) electrons. The minimum Gasteiger partial charge on any atom is -0.487 e. The number of rotatable bonds is 5. The van der Waals surface area contributed by atoms with Crippen LogP contribution < -0.4 is 15.4 Å². The SMILES string of the molecule is COC(=O)C[C@@H]1C[C@H]2c3cc(NC(=O)NC4CCCCC4)ccc3O[C@H]2[C@@H](CO)O1. The highest BCUT2D eigenvalue weighted by Crippen LogP contribution is 2.47. The molecule has 164 valence electrons. The molecule has 3 aliphatic rings. The Kier molecular flexibility index (Phi) is 6.43. The van der Waals surface area contributed by atoms with E-state index >= 15 is 0 Å². The average Bonchev–Trinajstić information content (AvgIpc) is 3.11. The van der Waals surface area contributed by atoms with Crippen molar-refractivity contribution in [2.75, 3.05) is 19.0 Å². The predicted octanol–water partition coefficient (Wildman–Crippen LogP) is 2.70. The molecule has 4 atom stereocenters. The van der Waals surface area contributed by atoms with Crippen LogP contribution in [0.2, 0.25) is 0 Å². The van der Waals surface area contributed by atoms with Gasteiger partial charge >= 0.3 is 12.0 Å². The molecule has 2 amide bonds. The van der Waals surface area contributed by atoms with Crippen LogP contribution in [0.25, 0.3) is 0 Å². The molecule has 1 aliphatic carbocycles. The zero-order chi connectivity index (χ0) is 21.1. The van der Waals surface area contributed by atoms with E-state index in [0.29, 0.717) is 12.1 Å². The molecule has 0 bridgehead atoms. The van der Waals surface area contributed by atoms with Gasteiger partial charge in [0, 0.05) is 23.2 Å². The summed E-state index contributed by atoms with van der Waals surface area (Å²) < 4.78 is 16.7. The number of carbonyl (C=O) groups excluding carboxylic acids is 2. The number of anilines is 1. The molecule has 8 heteroatoms. The topological polar surface area (TPSA) is 106 Å². The van der Waals surface area contributed by atoms with Crippen LogP contribution in [0.3, 0.4) is 0 Å². The first-order valence-electron chi connectivity index (χ1n) is 10.8. The van der Waals surface area contributed by atoms with Gasteiger partial charge in [0.15, 0.2) is 0 Å². The third kappa shape index (κ3) is 4.54. The Morgan fingerprint density at radius 2 is 2.03 bits per heavy atom. The number of aliphatic hydroxyl groups is 1. The Morgan fingerprint density at radius 1 is 1.23 bits per heavy atom. The Hall–Kier alpha value is -2.32. The van der Waals surface area contributed by atoms with Crippen LogP contribution in [0.15, 0.2) is 18.2 Å². The summed E-state index contributed by atoms with van der Waals surface area (Å²) in [7, 11) is 1.35. The second-order valence-corrected chi connectivity index (χ2v) is 8.37. The number of benzene rings is 1.